The molecule has 7 nitrogen and oxygen atoms in total. The van der Waals surface area contributed by atoms with Gasteiger partial charge in [0.15, 0.2) is 0 Å². The molecular formula is C13H13BrN3O4S+. The van der Waals surface area contributed by atoms with Crippen molar-refractivity contribution in [2.75, 3.05) is 6.54 Å². The van der Waals surface area contributed by atoms with Crippen molar-refractivity contribution >= 4 is 42.3 Å². The van der Waals surface area contributed by atoms with Gasteiger partial charge in [0, 0.05) is 24.9 Å². The lowest BCUT2D eigenvalue weighted by Gasteiger charge is -2.02. The Hall–Kier alpha value is -1.87. The van der Waals surface area contributed by atoms with Gasteiger partial charge in [0.25, 0.3) is 11.5 Å². The highest BCUT2D eigenvalue weighted by atomic mass is 79.9. The SMILES string of the molecule is [3H]C1C=C(Br)C[N+]([3H])=C1N=C(C)S(=O)(=O)c1cccc([N+](=O)[O-])c1. The van der Waals surface area contributed by atoms with E-state index in [2.05, 4.69) is 20.9 Å². The molecule has 1 unspecified atom stereocenters. The van der Waals surface area contributed by atoms with Crippen LogP contribution in [0.5, 0.6) is 0 Å². The topological polar surface area (TPSA) is 104 Å². The summed E-state index contributed by atoms with van der Waals surface area (Å²) in [5.74, 6) is -0.0373. The quantitative estimate of drug-likeness (QED) is 0.351. The molecule has 0 aromatic heterocycles. The van der Waals surface area contributed by atoms with Gasteiger partial charge in [0.1, 0.15) is 6.54 Å². The van der Waals surface area contributed by atoms with Crippen LogP contribution in [-0.4, -0.2) is 30.8 Å². The van der Waals surface area contributed by atoms with Gasteiger partial charge < -0.3 is 0 Å². The normalized spacial score (nSPS) is 21.1. The highest BCUT2D eigenvalue weighted by Gasteiger charge is 2.26. The Morgan fingerprint density at radius 3 is 2.95 bits per heavy atom. The van der Waals surface area contributed by atoms with Crippen LogP contribution in [0.25, 0.3) is 0 Å². The highest BCUT2D eigenvalue weighted by molar-refractivity contribution is 9.11. The van der Waals surface area contributed by atoms with Crippen molar-refractivity contribution in [1.82, 2.24) is 0 Å². The van der Waals surface area contributed by atoms with E-state index >= 15 is 0 Å². The fraction of sp³-hybridized carbons (Fsp3) is 0.231. The summed E-state index contributed by atoms with van der Waals surface area (Å²) in [5.41, 5.74) is -0.346. The first-order valence-corrected chi connectivity index (χ1v) is 8.37. The van der Waals surface area contributed by atoms with Crippen LogP contribution in [0.15, 0.2) is 44.7 Å². The number of rotatable bonds is 2. The van der Waals surface area contributed by atoms with Crippen LogP contribution in [0, 0.1) is 10.1 Å². The molecule has 9 heteroatoms. The van der Waals surface area contributed by atoms with Crippen LogP contribution in [0.3, 0.4) is 0 Å². The zero-order valence-electron chi connectivity index (χ0n) is 13.4. The number of sulfone groups is 1. The van der Waals surface area contributed by atoms with Crippen molar-refractivity contribution in [2.45, 2.75) is 18.2 Å². The molecule has 0 aliphatic carbocycles. The summed E-state index contributed by atoms with van der Waals surface area (Å²) in [5, 5.41) is 10.5. The number of hydrogen-bond donors (Lipinski definition) is 1. The van der Waals surface area contributed by atoms with Crippen molar-refractivity contribution in [3.63, 3.8) is 0 Å². The lowest BCUT2D eigenvalue weighted by Crippen LogP contribution is -2.74. The number of hydrogen-bond acceptors (Lipinski definition) is 5. The summed E-state index contributed by atoms with van der Waals surface area (Å²) >= 11 is 3.20. The van der Waals surface area contributed by atoms with E-state index < -0.39 is 21.2 Å². The molecule has 0 bridgehead atoms. The summed E-state index contributed by atoms with van der Waals surface area (Å²) in [6.07, 6.45) is 0.526. The fourth-order valence-corrected chi connectivity index (χ4v) is 3.00. The summed E-state index contributed by atoms with van der Waals surface area (Å²) in [6.45, 7) is 1.38. The zero-order valence-corrected chi connectivity index (χ0v) is 13.8. The van der Waals surface area contributed by atoms with Gasteiger partial charge in [-0.05, 0) is 11.1 Å². The fourth-order valence-electron chi connectivity index (χ4n) is 1.66. The first-order chi connectivity index (χ1) is 11.1. The average molecular weight is 391 g/mol. The molecule has 1 aromatic carbocycles. The molecule has 1 heterocycles. The van der Waals surface area contributed by atoms with Gasteiger partial charge in [-0.2, -0.15) is 0 Å². The second-order valence-corrected chi connectivity index (χ2v) is 7.43. The molecule has 0 fully saturated rings. The summed E-state index contributed by atoms with van der Waals surface area (Å²) in [7, 11) is -4.06. The number of aliphatic imine (C=N–C) groups is 1. The average Bonchev–Trinajstić information content (AvgIpc) is 2.50. The molecular weight excluding hydrogens is 374 g/mol. The maximum Gasteiger partial charge on any atom is 0.305 e. The van der Waals surface area contributed by atoms with Crippen LogP contribution in [0.2, 0.25) is 1.41 Å². The Balaban J connectivity index is 2.45. The Bertz CT molecular complexity index is 896. The molecule has 0 amide bonds. The van der Waals surface area contributed by atoms with E-state index in [9.17, 15) is 18.5 Å². The van der Waals surface area contributed by atoms with Gasteiger partial charge in [0.05, 0.1) is 16.2 Å². The van der Waals surface area contributed by atoms with Crippen molar-refractivity contribution in [2.24, 2.45) is 4.99 Å². The molecule has 1 aliphatic heterocycles. The third-order valence-electron chi connectivity index (χ3n) is 2.80. The molecule has 116 valence electrons. The van der Waals surface area contributed by atoms with Crippen LogP contribution >= 0.6 is 15.9 Å². The summed E-state index contributed by atoms with van der Waals surface area (Å²) < 4.78 is 41.4. The van der Waals surface area contributed by atoms with Crippen LogP contribution in [0.4, 0.5) is 5.69 Å². The number of amidine groups is 1. The second kappa shape index (κ2) is 6.49. The first-order valence-electron chi connectivity index (χ1n) is 7.12. The van der Waals surface area contributed by atoms with E-state index in [0.29, 0.717) is 4.48 Å². The van der Waals surface area contributed by atoms with E-state index in [0.717, 1.165) is 11.1 Å². The predicted octanol–water partition coefficient (Wildman–Crippen LogP) is 0.949. The summed E-state index contributed by atoms with van der Waals surface area (Å²) in [6, 6.07) is 4.65. The standard InChI is InChI=1S/C13H12BrN3O4S/c1-9(16-13-6-5-10(14)8-15-13)22(20,21)12-4-2-3-11(7-12)17(18)19/h2-5,7H,6,8H2,1H3/p+1/i6T/hT. The maximum atomic E-state index is 12.5. The third-order valence-corrected chi connectivity index (χ3v) is 5.06. The second-order valence-electron chi connectivity index (χ2n) is 4.34. The Kier molecular flexibility index (Phi) is 4.06. The van der Waals surface area contributed by atoms with Crippen molar-refractivity contribution in [1.29, 1.82) is 0 Å². The molecule has 1 N–H and O–H groups in total. The Morgan fingerprint density at radius 1 is 1.59 bits per heavy atom. The largest absolute Gasteiger partial charge is 0.305 e. The molecule has 0 radical (unpaired) electrons. The monoisotopic (exact) mass is 390 g/mol. The van der Waals surface area contributed by atoms with Gasteiger partial charge in [0.2, 0.25) is 14.9 Å². The number of halogens is 1. The van der Waals surface area contributed by atoms with Gasteiger partial charge in [-0.1, -0.05) is 28.1 Å². The Labute approximate surface area is 138 Å². The highest BCUT2D eigenvalue weighted by Crippen LogP contribution is 2.19. The molecule has 1 aliphatic rings. The third kappa shape index (κ3) is 3.66. The molecule has 2 rings (SSSR count). The van der Waals surface area contributed by atoms with E-state index in [1.807, 2.05) is 0 Å². The lowest BCUT2D eigenvalue weighted by molar-refractivity contribution is -0.448. The minimum Gasteiger partial charge on any atom is -0.270 e. The van der Waals surface area contributed by atoms with Crippen molar-refractivity contribution in [3.05, 3.63) is 44.9 Å². The van der Waals surface area contributed by atoms with Crippen LogP contribution in [0.1, 0.15) is 14.7 Å². The van der Waals surface area contributed by atoms with Crippen molar-refractivity contribution in [3.8, 4) is 0 Å². The van der Waals surface area contributed by atoms with Crippen LogP contribution in [-0.2, 0) is 9.84 Å². The number of nitro benzene ring substituents is 1. The molecule has 1 atom stereocenters. The number of nitrogens with zero attached hydrogens (tertiary/aromatic N) is 2. The lowest BCUT2D eigenvalue weighted by atomic mass is 10.3. The molecule has 22 heavy (non-hydrogen) atoms. The molecule has 0 saturated heterocycles. The Morgan fingerprint density at radius 2 is 2.32 bits per heavy atom. The smallest absolute Gasteiger partial charge is 0.270 e. The number of nitrogens with one attached hydrogen (secondary N) is 1. The van der Waals surface area contributed by atoms with Gasteiger partial charge in [-0.25, -0.2) is 8.42 Å². The minimum absolute atomic E-state index is 0.0373. The number of benzene rings is 1. The first kappa shape index (κ1) is 13.8. The van der Waals surface area contributed by atoms with E-state index in [1.54, 1.807) is 0 Å². The zero-order chi connectivity index (χ0) is 18.1. The maximum absolute atomic E-state index is 12.5. The van der Waals surface area contributed by atoms with Gasteiger partial charge in [-0.3, -0.25) is 15.1 Å². The molecule has 1 aromatic rings. The van der Waals surface area contributed by atoms with E-state index in [4.69, 9.17) is 2.78 Å². The van der Waals surface area contributed by atoms with Crippen molar-refractivity contribution < 1.29 is 21.1 Å². The summed E-state index contributed by atoms with van der Waals surface area (Å²) in [4.78, 5) is 14.7. The molecule has 0 spiro atoms. The number of non-ortho nitro benzene ring substituents is 1. The van der Waals surface area contributed by atoms with E-state index in [-0.39, 0.29) is 28.0 Å². The van der Waals surface area contributed by atoms with Gasteiger partial charge in [-0.15, -0.1) is 0 Å². The van der Waals surface area contributed by atoms with E-state index in [1.165, 1.54) is 31.2 Å². The van der Waals surface area contributed by atoms with Gasteiger partial charge >= 0.3 is 1.41 Å². The number of nitro groups is 1. The predicted molar refractivity (Wildman–Crippen MR) is 85.9 cm³/mol. The van der Waals surface area contributed by atoms with Crippen LogP contribution < -0.4 is 4.99 Å². The molecule has 0 saturated carbocycles. The minimum atomic E-state index is -4.06.